The average molecular weight is 1230 g/mol. The highest BCUT2D eigenvalue weighted by molar-refractivity contribution is 6.43. The minimum atomic E-state index is -0.298. The van der Waals surface area contributed by atoms with Crippen molar-refractivity contribution in [3.8, 4) is 45.5 Å². The van der Waals surface area contributed by atoms with Crippen LogP contribution in [0.1, 0.15) is 161 Å². The normalized spacial score (nSPS) is 13.2. The summed E-state index contributed by atoms with van der Waals surface area (Å²) in [5, 5.41) is 44.6. The summed E-state index contributed by atoms with van der Waals surface area (Å²) < 4.78 is 26.9. The van der Waals surface area contributed by atoms with Gasteiger partial charge < -0.3 is 28.7 Å². The van der Waals surface area contributed by atoms with Crippen LogP contribution in [0.3, 0.4) is 0 Å². The quantitative estimate of drug-likeness (QED) is 0.145. The van der Waals surface area contributed by atoms with Crippen molar-refractivity contribution < 1.29 is 28.7 Å². The molecule has 8 bridgehead atoms. The summed E-state index contributed by atoms with van der Waals surface area (Å²) in [5.41, 5.74) is 13.0. The number of ether oxygens (including phenoxy) is 2. The largest absolute Gasteiger partial charge is 0.507 e. The number of fused-ring (bicyclic) bond motifs is 12. The first-order valence-corrected chi connectivity index (χ1v) is 31.9. The standard InChI is InChI=1S/C80H76Cl2N2O6/c1-77(2,3)53-33-45-29-49-37-55(79(7,8)9)39-51(75(49)87-43-57-41-67(83-89-57)69-59-21-13-17-25-63(59)71(81)64-26-18-14-22-60(64)69)31-47-35-54(78(4,5)6)36-48(74(47)86)32-52-40-56(80(10,11)12)38-50(30-46(34-53)73(45)85)76(52)88-44-58-42-68(84-90-58)70-61-23-15-19-27-65(61)72(82)66-28-20-16-24-62(66)70/h13-28,33-42,85-86H,29-32,43-44H2,1-12H3. The van der Waals surface area contributed by atoms with Gasteiger partial charge in [0.05, 0.1) is 10.0 Å². The third-order valence-electron chi connectivity index (χ3n) is 18.1. The number of phenolic OH excluding ortho intramolecular Hbond substituents is 2. The van der Waals surface area contributed by atoms with Gasteiger partial charge in [0.1, 0.15) is 47.6 Å². The summed E-state index contributed by atoms with van der Waals surface area (Å²) in [6, 6.07) is 54.0. The van der Waals surface area contributed by atoms with Crippen molar-refractivity contribution in [3.05, 3.63) is 246 Å². The molecule has 0 amide bonds. The number of hydrogen-bond acceptors (Lipinski definition) is 8. The van der Waals surface area contributed by atoms with Crippen molar-refractivity contribution >= 4 is 66.3 Å². The van der Waals surface area contributed by atoms with E-state index in [1.807, 2.05) is 84.9 Å². The van der Waals surface area contributed by atoms with Gasteiger partial charge >= 0.3 is 0 Å². The molecule has 0 saturated carbocycles. The Morgan fingerprint density at radius 1 is 0.356 bits per heavy atom. The fourth-order valence-electron chi connectivity index (χ4n) is 13.0. The zero-order valence-corrected chi connectivity index (χ0v) is 54.9. The predicted molar refractivity (Wildman–Crippen MR) is 368 cm³/mol. The third-order valence-corrected chi connectivity index (χ3v) is 18.9. The second kappa shape index (κ2) is 22.7. The number of hydrogen-bond donors (Lipinski definition) is 2. The van der Waals surface area contributed by atoms with Crippen LogP contribution in [0.2, 0.25) is 10.0 Å². The molecule has 12 aromatic rings. The highest BCUT2D eigenvalue weighted by atomic mass is 35.5. The van der Waals surface area contributed by atoms with E-state index in [0.29, 0.717) is 70.1 Å². The number of halogens is 2. The molecule has 10 aromatic carbocycles. The lowest BCUT2D eigenvalue weighted by molar-refractivity contribution is 0.246. The van der Waals surface area contributed by atoms with E-state index in [-0.39, 0.29) is 46.4 Å². The van der Waals surface area contributed by atoms with Gasteiger partial charge in [0.25, 0.3) is 0 Å². The van der Waals surface area contributed by atoms with Crippen molar-refractivity contribution in [2.45, 2.75) is 144 Å². The molecule has 0 atom stereocenters. The summed E-state index contributed by atoms with van der Waals surface area (Å²) in [6.07, 6.45) is 1.34. The Bertz CT molecular complexity index is 4310. The Morgan fingerprint density at radius 3 is 0.833 bits per heavy atom. The average Bonchev–Trinajstić information content (AvgIpc) is 1.19. The topological polar surface area (TPSA) is 111 Å². The van der Waals surface area contributed by atoms with E-state index in [0.717, 1.165) is 121 Å². The monoisotopic (exact) mass is 1230 g/mol. The second-order valence-electron chi connectivity index (χ2n) is 28.7. The Morgan fingerprint density at radius 2 is 0.589 bits per heavy atom. The maximum atomic E-state index is 13.1. The van der Waals surface area contributed by atoms with E-state index in [1.54, 1.807) is 0 Å². The molecule has 13 rings (SSSR count). The molecule has 456 valence electrons. The van der Waals surface area contributed by atoms with Crippen LogP contribution in [-0.4, -0.2) is 20.5 Å². The molecular weight excluding hydrogens is 1160 g/mol. The van der Waals surface area contributed by atoms with Gasteiger partial charge in [-0.05, 0) is 110 Å². The Labute approximate surface area is 537 Å². The molecule has 0 unspecified atom stereocenters. The van der Waals surface area contributed by atoms with Gasteiger partial charge in [0.15, 0.2) is 11.5 Å². The fourth-order valence-corrected chi connectivity index (χ4v) is 13.7. The Hall–Kier alpha value is -8.56. The molecule has 0 fully saturated rings. The number of aromatic nitrogens is 2. The van der Waals surface area contributed by atoms with Gasteiger partial charge in [0.2, 0.25) is 0 Å². The number of nitrogens with zero attached hydrogens (tertiary/aromatic N) is 2. The van der Waals surface area contributed by atoms with Crippen molar-refractivity contribution in [1.29, 1.82) is 0 Å². The molecule has 2 heterocycles. The summed E-state index contributed by atoms with van der Waals surface area (Å²) >= 11 is 14.1. The van der Waals surface area contributed by atoms with Gasteiger partial charge in [-0.2, -0.15) is 0 Å². The van der Waals surface area contributed by atoms with Crippen LogP contribution >= 0.6 is 23.2 Å². The number of rotatable bonds is 8. The molecule has 90 heavy (non-hydrogen) atoms. The van der Waals surface area contributed by atoms with Gasteiger partial charge in [-0.1, -0.05) is 262 Å². The lowest BCUT2D eigenvalue weighted by atomic mass is 9.79. The van der Waals surface area contributed by atoms with Gasteiger partial charge in [0, 0.05) is 70.5 Å². The first-order valence-electron chi connectivity index (χ1n) is 31.1. The first-order chi connectivity index (χ1) is 42.8. The SMILES string of the molecule is CC(C)(C)c1cc2c(O)c(c1)Cc1cc(C(C)(C)C)cc(c1OCc1cc(-c3c4ccccc4c(Cl)c4ccccc34)no1)Cc1cc(C(C)(C)C)cc(c1O)Cc1cc(C(C)(C)C)cc(c1OCc1cc(-c3c4ccccc4c(Cl)c4ccccc34)no1)C2. The number of benzene rings is 10. The molecule has 1 aliphatic carbocycles. The summed E-state index contributed by atoms with van der Waals surface area (Å²) in [5.74, 6) is 2.80. The summed E-state index contributed by atoms with van der Waals surface area (Å²) in [6.45, 7) is 26.7. The van der Waals surface area contributed by atoms with Crippen LogP contribution in [0.25, 0.3) is 65.6 Å². The highest BCUT2D eigenvalue weighted by Gasteiger charge is 2.30. The van der Waals surface area contributed by atoms with E-state index in [2.05, 4.69) is 156 Å². The van der Waals surface area contributed by atoms with Gasteiger partial charge in [-0.3, -0.25) is 0 Å². The minimum Gasteiger partial charge on any atom is -0.507 e. The minimum absolute atomic E-state index is 0.0572. The number of phenols is 2. The van der Waals surface area contributed by atoms with E-state index < -0.39 is 0 Å². The Balaban J connectivity index is 0.967. The number of aromatic hydroxyl groups is 2. The van der Waals surface area contributed by atoms with Gasteiger partial charge in [-0.25, -0.2) is 0 Å². The molecular formula is C80H76Cl2N2O6. The zero-order valence-electron chi connectivity index (χ0n) is 53.4. The zero-order chi connectivity index (χ0) is 63.3. The smallest absolute Gasteiger partial charge is 0.174 e. The highest BCUT2D eigenvalue weighted by Crippen LogP contribution is 2.47. The fraction of sp³-hybridized carbons (Fsp3) is 0.275. The molecule has 8 nitrogen and oxygen atoms in total. The van der Waals surface area contributed by atoms with Crippen molar-refractivity contribution in [2.24, 2.45) is 0 Å². The van der Waals surface area contributed by atoms with Crippen LogP contribution in [-0.2, 0) is 60.6 Å². The first kappa shape index (κ1) is 60.4. The molecule has 0 saturated heterocycles. The van der Waals surface area contributed by atoms with Crippen LogP contribution in [0.5, 0.6) is 23.0 Å². The lowest BCUT2D eigenvalue weighted by Crippen LogP contribution is -2.16. The molecule has 2 N–H and O–H groups in total. The predicted octanol–water partition coefficient (Wildman–Crippen LogP) is 21.4. The molecule has 2 aromatic heterocycles. The van der Waals surface area contributed by atoms with Crippen molar-refractivity contribution in [3.63, 3.8) is 0 Å². The Kier molecular flexibility index (Phi) is 15.2. The molecule has 0 radical (unpaired) electrons. The molecule has 1 aliphatic rings. The van der Waals surface area contributed by atoms with E-state index >= 15 is 0 Å². The summed E-state index contributed by atoms with van der Waals surface area (Å²) in [4.78, 5) is 0. The molecule has 0 spiro atoms. The lowest BCUT2D eigenvalue weighted by Gasteiger charge is -2.28. The van der Waals surface area contributed by atoms with Crippen LogP contribution < -0.4 is 9.47 Å². The summed E-state index contributed by atoms with van der Waals surface area (Å²) in [7, 11) is 0. The van der Waals surface area contributed by atoms with Crippen LogP contribution in [0.15, 0.2) is 167 Å². The van der Waals surface area contributed by atoms with Crippen LogP contribution in [0.4, 0.5) is 0 Å². The molecule has 0 aliphatic heterocycles. The van der Waals surface area contributed by atoms with E-state index in [9.17, 15) is 10.2 Å². The van der Waals surface area contributed by atoms with Gasteiger partial charge in [-0.15, -0.1) is 0 Å². The maximum absolute atomic E-state index is 13.1. The third kappa shape index (κ3) is 11.4. The maximum Gasteiger partial charge on any atom is 0.174 e. The second-order valence-corrected chi connectivity index (χ2v) is 29.5. The van der Waals surface area contributed by atoms with Crippen LogP contribution in [0, 0.1) is 0 Å². The molecule has 10 heteroatoms. The van der Waals surface area contributed by atoms with Crippen molar-refractivity contribution in [2.75, 3.05) is 0 Å². The van der Waals surface area contributed by atoms with Crippen molar-refractivity contribution in [1.82, 2.24) is 10.3 Å². The van der Waals surface area contributed by atoms with E-state index in [1.165, 1.54) is 0 Å². The van der Waals surface area contributed by atoms with E-state index in [4.69, 9.17) is 52.0 Å².